The van der Waals surface area contributed by atoms with Crippen molar-refractivity contribution in [1.82, 2.24) is 4.57 Å². The smallest absolute Gasteiger partial charge is 0.310 e. The highest BCUT2D eigenvalue weighted by Gasteiger charge is 2.14. The Balaban J connectivity index is 1.73. The summed E-state index contributed by atoms with van der Waals surface area (Å²) in [7, 11) is 0. The zero-order valence-electron chi connectivity index (χ0n) is 16.0. The monoisotopic (exact) mass is 373 g/mol. The van der Waals surface area contributed by atoms with Crippen molar-refractivity contribution < 1.29 is 14.7 Å². The number of aromatic nitrogens is 1. The second-order valence-corrected chi connectivity index (χ2v) is 6.87. The van der Waals surface area contributed by atoms with Crippen LogP contribution in [0.15, 0.2) is 72.9 Å². The van der Waals surface area contributed by atoms with Gasteiger partial charge in [-0.3, -0.25) is 9.59 Å². The average Bonchev–Trinajstić information content (AvgIpc) is 3.16. The van der Waals surface area contributed by atoms with E-state index < -0.39 is 11.9 Å². The van der Waals surface area contributed by atoms with E-state index in [1.54, 1.807) is 6.92 Å². The number of nitrogens with zero attached hydrogens (tertiary/aromatic N) is 1. The number of aliphatic carboxylic acids is 1. The highest BCUT2D eigenvalue weighted by Crippen LogP contribution is 2.18. The number of carbonyl (C=O) groups excluding carboxylic acids is 1. The number of carboxylic acid groups (broad SMARTS) is 1. The van der Waals surface area contributed by atoms with Crippen molar-refractivity contribution in [2.75, 3.05) is 0 Å². The quantitative estimate of drug-likeness (QED) is 0.598. The molecule has 0 spiro atoms. The van der Waals surface area contributed by atoms with Crippen LogP contribution in [-0.2, 0) is 11.3 Å². The first-order valence-corrected chi connectivity index (χ1v) is 9.21. The SMILES string of the molecule is Cc1ccc(C(=O)c2cccn2C/C=C/c2cccc([C@@H](C)C(=O)O)c2)cc1. The van der Waals surface area contributed by atoms with E-state index in [0.29, 0.717) is 17.8 Å². The molecule has 0 aliphatic rings. The molecule has 0 aliphatic carbocycles. The first-order valence-electron chi connectivity index (χ1n) is 9.21. The number of rotatable bonds is 7. The topological polar surface area (TPSA) is 59.3 Å². The fourth-order valence-electron chi connectivity index (χ4n) is 3.01. The number of carbonyl (C=O) groups is 2. The Morgan fingerprint density at radius 1 is 1.07 bits per heavy atom. The highest BCUT2D eigenvalue weighted by atomic mass is 16.4. The van der Waals surface area contributed by atoms with Crippen molar-refractivity contribution in [2.45, 2.75) is 26.3 Å². The number of carboxylic acids is 1. The standard InChI is InChI=1S/C24H23NO3/c1-17-10-12-20(13-11-17)23(26)22-9-5-15-25(22)14-4-7-19-6-3-8-21(16-19)18(2)24(27)28/h3-13,15-16,18H,14H2,1-2H3,(H,27,28)/b7-4+/t18-/m1/s1. The van der Waals surface area contributed by atoms with Crippen LogP contribution in [0.3, 0.4) is 0 Å². The van der Waals surface area contributed by atoms with Crippen LogP contribution in [0, 0.1) is 6.92 Å². The summed E-state index contributed by atoms with van der Waals surface area (Å²) < 4.78 is 1.91. The normalized spacial score (nSPS) is 12.2. The van der Waals surface area contributed by atoms with Crippen LogP contribution in [0.5, 0.6) is 0 Å². The molecule has 0 radical (unpaired) electrons. The first-order chi connectivity index (χ1) is 13.5. The molecule has 3 rings (SSSR count). The van der Waals surface area contributed by atoms with E-state index in [0.717, 1.165) is 16.7 Å². The summed E-state index contributed by atoms with van der Waals surface area (Å²) in [5.41, 5.74) is 4.14. The molecule has 0 saturated carbocycles. The Bertz CT molecular complexity index is 1010. The van der Waals surface area contributed by atoms with Gasteiger partial charge in [-0.25, -0.2) is 0 Å². The molecule has 0 fully saturated rings. The van der Waals surface area contributed by atoms with Gasteiger partial charge >= 0.3 is 5.97 Å². The lowest BCUT2D eigenvalue weighted by molar-refractivity contribution is -0.138. The lowest BCUT2D eigenvalue weighted by atomic mass is 9.99. The van der Waals surface area contributed by atoms with Crippen LogP contribution in [-0.4, -0.2) is 21.4 Å². The van der Waals surface area contributed by atoms with Crippen LogP contribution < -0.4 is 0 Å². The van der Waals surface area contributed by atoms with Gasteiger partial charge in [-0.2, -0.15) is 0 Å². The van der Waals surface area contributed by atoms with Crippen LogP contribution in [0.4, 0.5) is 0 Å². The summed E-state index contributed by atoms with van der Waals surface area (Å²) in [6, 6.07) is 18.7. The number of hydrogen-bond donors (Lipinski definition) is 1. The van der Waals surface area contributed by atoms with Crippen molar-refractivity contribution in [1.29, 1.82) is 0 Å². The second-order valence-electron chi connectivity index (χ2n) is 6.87. The highest BCUT2D eigenvalue weighted by molar-refractivity contribution is 6.08. The van der Waals surface area contributed by atoms with Gasteiger partial charge in [-0.05, 0) is 37.1 Å². The molecule has 0 amide bonds. The van der Waals surface area contributed by atoms with Gasteiger partial charge in [-0.15, -0.1) is 0 Å². The van der Waals surface area contributed by atoms with Crippen molar-refractivity contribution in [3.8, 4) is 0 Å². The predicted octanol–water partition coefficient (Wildman–Crippen LogP) is 4.93. The zero-order chi connectivity index (χ0) is 20.1. The summed E-state index contributed by atoms with van der Waals surface area (Å²) in [6.45, 7) is 4.22. The maximum atomic E-state index is 12.8. The van der Waals surface area contributed by atoms with Crippen molar-refractivity contribution in [2.24, 2.45) is 0 Å². The fraction of sp³-hybridized carbons (Fsp3) is 0.167. The fourth-order valence-corrected chi connectivity index (χ4v) is 3.01. The largest absolute Gasteiger partial charge is 0.481 e. The molecule has 142 valence electrons. The summed E-state index contributed by atoms with van der Waals surface area (Å²) in [5.74, 6) is -1.39. The molecule has 0 aliphatic heterocycles. The summed E-state index contributed by atoms with van der Waals surface area (Å²) in [5, 5.41) is 9.17. The Morgan fingerprint density at radius 3 is 2.54 bits per heavy atom. The Kier molecular flexibility index (Phi) is 5.90. The Morgan fingerprint density at radius 2 is 1.82 bits per heavy atom. The van der Waals surface area contributed by atoms with E-state index in [1.807, 2.05) is 90.5 Å². The molecule has 28 heavy (non-hydrogen) atoms. The Labute approximate surface area is 164 Å². The van der Waals surface area contributed by atoms with Gasteiger partial charge in [0, 0.05) is 18.3 Å². The maximum absolute atomic E-state index is 12.8. The number of benzene rings is 2. The van der Waals surface area contributed by atoms with Crippen LogP contribution >= 0.6 is 0 Å². The predicted molar refractivity (Wildman–Crippen MR) is 111 cm³/mol. The van der Waals surface area contributed by atoms with Gasteiger partial charge in [0.2, 0.25) is 5.78 Å². The van der Waals surface area contributed by atoms with Crippen molar-refractivity contribution in [3.63, 3.8) is 0 Å². The number of allylic oxidation sites excluding steroid dienone is 1. The molecule has 4 nitrogen and oxygen atoms in total. The minimum atomic E-state index is -0.840. The molecule has 1 atom stereocenters. The van der Waals surface area contributed by atoms with Crippen LogP contribution in [0.2, 0.25) is 0 Å². The molecule has 4 heteroatoms. The minimum absolute atomic E-state index is 0.00400. The first kappa shape index (κ1) is 19.4. The third kappa shape index (κ3) is 4.46. The number of hydrogen-bond acceptors (Lipinski definition) is 2. The van der Waals surface area contributed by atoms with E-state index in [9.17, 15) is 9.59 Å². The van der Waals surface area contributed by atoms with E-state index in [-0.39, 0.29) is 5.78 Å². The van der Waals surface area contributed by atoms with E-state index in [1.165, 1.54) is 0 Å². The average molecular weight is 373 g/mol. The molecule has 1 aromatic heterocycles. The molecule has 2 aromatic carbocycles. The molecule has 0 saturated heterocycles. The van der Waals surface area contributed by atoms with E-state index >= 15 is 0 Å². The lowest BCUT2D eigenvalue weighted by Gasteiger charge is -2.08. The number of aryl methyl sites for hydroxylation is 1. The van der Waals surface area contributed by atoms with Gasteiger partial charge in [0.15, 0.2) is 0 Å². The molecular formula is C24H23NO3. The minimum Gasteiger partial charge on any atom is -0.481 e. The maximum Gasteiger partial charge on any atom is 0.310 e. The molecule has 1 heterocycles. The molecule has 3 aromatic rings. The molecule has 0 bridgehead atoms. The van der Waals surface area contributed by atoms with Gasteiger partial charge in [0.25, 0.3) is 0 Å². The summed E-state index contributed by atoms with van der Waals surface area (Å²) in [4.78, 5) is 23.9. The molecular weight excluding hydrogens is 350 g/mol. The summed E-state index contributed by atoms with van der Waals surface area (Å²) in [6.07, 6.45) is 5.80. The second kappa shape index (κ2) is 8.53. The van der Waals surface area contributed by atoms with Gasteiger partial charge < -0.3 is 9.67 Å². The van der Waals surface area contributed by atoms with E-state index in [2.05, 4.69) is 0 Å². The molecule has 1 N–H and O–H groups in total. The van der Waals surface area contributed by atoms with Crippen LogP contribution in [0.1, 0.15) is 45.6 Å². The van der Waals surface area contributed by atoms with Gasteiger partial charge in [-0.1, -0.05) is 66.2 Å². The van der Waals surface area contributed by atoms with Crippen molar-refractivity contribution in [3.05, 3.63) is 101 Å². The zero-order valence-corrected chi connectivity index (χ0v) is 16.0. The lowest BCUT2D eigenvalue weighted by Crippen LogP contribution is -2.09. The van der Waals surface area contributed by atoms with Crippen LogP contribution in [0.25, 0.3) is 6.08 Å². The third-order valence-corrected chi connectivity index (χ3v) is 4.77. The van der Waals surface area contributed by atoms with Crippen molar-refractivity contribution >= 4 is 17.8 Å². The Hall–Kier alpha value is -3.40. The number of ketones is 1. The summed E-state index contributed by atoms with van der Waals surface area (Å²) >= 11 is 0. The van der Waals surface area contributed by atoms with Gasteiger partial charge in [0.05, 0.1) is 11.6 Å². The molecule has 0 unspecified atom stereocenters. The third-order valence-electron chi connectivity index (χ3n) is 4.77. The van der Waals surface area contributed by atoms with Gasteiger partial charge in [0.1, 0.15) is 0 Å². The van der Waals surface area contributed by atoms with E-state index in [4.69, 9.17) is 5.11 Å².